The molecule has 4 heteroatoms. The molecule has 82 valence electrons. The Morgan fingerprint density at radius 3 is 2.64 bits per heavy atom. The van der Waals surface area contributed by atoms with E-state index in [1.807, 2.05) is 6.92 Å². The minimum atomic E-state index is -0.0777. The fourth-order valence-electron chi connectivity index (χ4n) is 1.74. The van der Waals surface area contributed by atoms with Gasteiger partial charge in [-0.2, -0.15) is 0 Å². The molecule has 1 atom stereocenters. The average Bonchev–Trinajstić information content (AvgIpc) is 2.26. The molecule has 1 rings (SSSR count). The molecule has 0 aliphatic carbocycles. The van der Waals surface area contributed by atoms with Crippen LogP contribution in [0.15, 0.2) is 0 Å². The second kappa shape index (κ2) is 5.98. The van der Waals surface area contributed by atoms with E-state index in [0.29, 0.717) is 0 Å². The van der Waals surface area contributed by atoms with Gasteiger partial charge in [-0.25, -0.2) is 0 Å². The lowest BCUT2D eigenvalue weighted by Gasteiger charge is -2.29. The second-order valence-electron chi connectivity index (χ2n) is 3.68. The van der Waals surface area contributed by atoms with Gasteiger partial charge in [0.25, 0.3) is 0 Å². The number of hydrogen-bond donors (Lipinski definition) is 1. The highest BCUT2D eigenvalue weighted by molar-refractivity contribution is 5.72. The molecule has 0 saturated carbocycles. The molecule has 0 amide bonds. The summed E-state index contributed by atoms with van der Waals surface area (Å²) in [6.45, 7) is 6.99. The molecule has 1 aliphatic heterocycles. The maximum atomic E-state index is 11.4. The third kappa shape index (κ3) is 3.27. The molecule has 1 fully saturated rings. The molecular weight excluding hydrogens is 180 g/mol. The number of hydrogen-bond acceptors (Lipinski definition) is 4. The minimum Gasteiger partial charge on any atom is -0.469 e. The Morgan fingerprint density at radius 1 is 1.50 bits per heavy atom. The van der Waals surface area contributed by atoms with Crippen molar-refractivity contribution in [2.45, 2.75) is 13.3 Å². The Morgan fingerprint density at radius 2 is 2.14 bits per heavy atom. The summed E-state index contributed by atoms with van der Waals surface area (Å²) >= 11 is 0. The van der Waals surface area contributed by atoms with E-state index in [-0.39, 0.29) is 11.9 Å². The van der Waals surface area contributed by atoms with Gasteiger partial charge in [0.2, 0.25) is 0 Å². The molecule has 1 saturated heterocycles. The zero-order valence-electron chi connectivity index (χ0n) is 9.08. The first-order chi connectivity index (χ1) is 6.77. The Hall–Kier alpha value is -0.610. The molecule has 0 aromatic rings. The summed E-state index contributed by atoms with van der Waals surface area (Å²) in [4.78, 5) is 13.7. The van der Waals surface area contributed by atoms with Crippen molar-refractivity contribution in [3.63, 3.8) is 0 Å². The number of nitrogens with one attached hydrogen (secondary N) is 1. The lowest BCUT2D eigenvalue weighted by Crippen LogP contribution is -2.46. The van der Waals surface area contributed by atoms with Crippen LogP contribution in [-0.2, 0) is 9.53 Å². The summed E-state index contributed by atoms with van der Waals surface area (Å²) < 4.78 is 4.76. The van der Waals surface area contributed by atoms with Gasteiger partial charge in [0, 0.05) is 32.7 Å². The predicted molar refractivity (Wildman–Crippen MR) is 55.1 cm³/mol. The summed E-state index contributed by atoms with van der Waals surface area (Å²) in [5.74, 6) is -0.0378. The van der Waals surface area contributed by atoms with E-state index in [9.17, 15) is 4.79 Å². The lowest BCUT2D eigenvalue weighted by atomic mass is 10.1. The molecule has 1 heterocycles. The van der Waals surface area contributed by atoms with Crippen LogP contribution in [0, 0.1) is 5.92 Å². The Bertz CT molecular complexity index is 179. The molecular formula is C10H20N2O2. The number of carbonyl (C=O) groups is 1. The van der Waals surface area contributed by atoms with Crippen molar-refractivity contribution >= 4 is 5.97 Å². The summed E-state index contributed by atoms with van der Waals surface area (Å²) in [5, 5.41) is 3.29. The molecule has 0 spiro atoms. The Labute approximate surface area is 85.6 Å². The van der Waals surface area contributed by atoms with Gasteiger partial charge < -0.3 is 10.1 Å². The van der Waals surface area contributed by atoms with Crippen LogP contribution in [-0.4, -0.2) is 50.7 Å². The lowest BCUT2D eigenvalue weighted by molar-refractivity contribution is -0.146. The number of ether oxygens (including phenoxy) is 1. The van der Waals surface area contributed by atoms with Gasteiger partial charge in [0.1, 0.15) is 0 Å². The van der Waals surface area contributed by atoms with Gasteiger partial charge in [-0.1, -0.05) is 6.92 Å². The number of carbonyl (C=O) groups excluding carboxylic acids is 1. The molecule has 14 heavy (non-hydrogen) atoms. The van der Waals surface area contributed by atoms with E-state index in [4.69, 9.17) is 4.74 Å². The molecule has 0 aromatic carbocycles. The number of nitrogens with zero attached hydrogens (tertiary/aromatic N) is 1. The number of rotatable bonds is 4. The normalized spacial score (nSPS) is 20.4. The van der Waals surface area contributed by atoms with E-state index < -0.39 is 0 Å². The number of piperazine rings is 1. The second-order valence-corrected chi connectivity index (χ2v) is 3.68. The highest BCUT2D eigenvalue weighted by atomic mass is 16.5. The van der Waals surface area contributed by atoms with Gasteiger partial charge in [-0.05, 0) is 6.42 Å². The Kier molecular flexibility index (Phi) is 4.90. The van der Waals surface area contributed by atoms with Crippen LogP contribution in [0.3, 0.4) is 0 Å². The fraction of sp³-hybridized carbons (Fsp3) is 0.900. The van der Waals surface area contributed by atoms with Crippen molar-refractivity contribution in [3.05, 3.63) is 0 Å². The van der Waals surface area contributed by atoms with Crippen molar-refractivity contribution < 1.29 is 9.53 Å². The first-order valence-electron chi connectivity index (χ1n) is 5.28. The van der Waals surface area contributed by atoms with Crippen LogP contribution in [0.25, 0.3) is 0 Å². The summed E-state index contributed by atoms with van der Waals surface area (Å²) in [5.41, 5.74) is 0. The maximum absolute atomic E-state index is 11.4. The predicted octanol–water partition coefficient (Wildman–Crippen LogP) is 0.0908. The number of esters is 1. The first kappa shape index (κ1) is 11.5. The third-order valence-corrected chi connectivity index (χ3v) is 2.72. The highest BCUT2D eigenvalue weighted by Gasteiger charge is 2.21. The zero-order chi connectivity index (χ0) is 10.4. The zero-order valence-corrected chi connectivity index (χ0v) is 9.08. The van der Waals surface area contributed by atoms with Crippen molar-refractivity contribution in [2.75, 3.05) is 39.8 Å². The topological polar surface area (TPSA) is 41.6 Å². The third-order valence-electron chi connectivity index (χ3n) is 2.72. The summed E-state index contributed by atoms with van der Waals surface area (Å²) in [6, 6.07) is 0. The Balaban J connectivity index is 2.34. The van der Waals surface area contributed by atoms with Crippen LogP contribution in [0.4, 0.5) is 0 Å². The van der Waals surface area contributed by atoms with Crippen molar-refractivity contribution in [2.24, 2.45) is 5.92 Å². The maximum Gasteiger partial charge on any atom is 0.309 e. The average molecular weight is 200 g/mol. The minimum absolute atomic E-state index is 0.0399. The van der Waals surface area contributed by atoms with Crippen LogP contribution < -0.4 is 5.32 Å². The van der Waals surface area contributed by atoms with Crippen molar-refractivity contribution in [1.29, 1.82) is 0 Å². The smallest absolute Gasteiger partial charge is 0.309 e. The molecule has 4 nitrogen and oxygen atoms in total. The van der Waals surface area contributed by atoms with Crippen LogP contribution >= 0.6 is 0 Å². The standard InChI is InChI=1S/C10H20N2O2/c1-3-9(10(13)14-2)8-12-6-4-11-5-7-12/h9,11H,3-8H2,1-2H3. The van der Waals surface area contributed by atoms with Crippen LogP contribution in [0.1, 0.15) is 13.3 Å². The molecule has 1 N–H and O–H groups in total. The fourth-order valence-corrected chi connectivity index (χ4v) is 1.74. The van der Waals surface area contributed by atoms with E-state index in [0.717, 1.165) is 39.1 Å². The summed E-state index contributed by atoms with van der Waals surface area (Å²) in [7, 11) is 1.46. The van der Waals surface area contributed by atoms with Gasteiger partial charge in [-0.3, -0.25) is 9.69 Å². The van der Waals surface area contributed by atoms with E-state index in [2.05, 4.69) is 10.2 Å². The SMILES string of the molecule is CCC(CN1CCNCC1)C(=O)OC. The monoisotopic (exact) mass is 200 g/mol. The van der Waals surface area contributed by atoms with Gasteiger partial charge >= 0.3 is 5.97 Å². The number of methoxy groups -OCH3 is 1. The van der Waals surface area contributed by atoms with Gasteiger partial charge in [0.05, 0.1) is 13.0 Å². The van der Waals surface area contributed by atoms with Gasteiger partial charge in [0.15, 0.2) is 0 Å². The largest absolute Gasteiger partial charge is 0.469 e. The first-order valence-corrected chi connectivity index (χ1v) is 5.28. The summed E-state index contributed by atoms with van der Waals surface area (Å²) in [6.07, 6.45) is 0.858. The van der Waals surface area contributed by atoms with E-state index in [1.165, 1.54) is 7.11 Å². The highest BCUT2D eigenvalue weighted by Crippen LogP contribution is 2.08. The molecule has 0 aromatic heterocycles. The molecule has 1 aliphatic rings. The van der Waals surface area contributed by atoms with Crippen molar-refractivity contribution in [3.8, 4) is 0 Å². The molecule has 1 unspecified atom stereocenters. The molecule has 0 radical (unpaired) electrons. The van der Waals surface area contributed by atoms with Gasteiger partial charge in [-0.15, -0.1) is 0 Å². The molecule has 0 bridgehead atoms. The van der Waals surface area contributed by atoms with Crippen molar-refractivity contribution in [1.82, 2.24) is 10.2 Å². The van der Waals surface area contributed by atoms with E-state index in [1.54, 1.807) is 0 Å². The quantitative estimate of drug-likeness (QED) is 0.653. The van der Waals surface area contributed by atoms with Crippen LogP contribution in [0.5, 0.6) is 0 Å². The van der Waals surface area contributed by atoms with E-state index >= 15 is 0 Å². The van der Waals surface area contributed by atoms with Crippen LogP contribution in [0.2, 0.25) is 0 Å².